The van der Waals surface area contributed by atoms with Crippen LogP contribution in [0, 0.1) is 5.92 Å². The van der Waals surface area contributed by atoms with Gasteiger partial charge in [-0.05, 0) is 44.1 Å². The standard InChI is InChI=1S/C21H23F3N6O/c1-29-18(4-8-26-29)16-3-2-15-13-25-19(12-17(15)27-16)28-20(31)14-5-9-30(10-6-14)11-7-21(22,23)24/h2-4,8,12-14H,5-7,9-11H2,1H3,(H,25,28,31). The number of carbonyl (C=O) groups is 1. The summed E-state index contributed by atoms with van der Waals surface area (Å²) in [6.45, 7) is 0.943. The molecule has 1 aliphatic rings. The first kappa shape index (κ1) is 21.2. The van der Waals surface area contributed by atoms with Crippen LogP contribution < -0.4 is 5.32 Å². The van der Waals surface area contributed by atoms with Crippen LogP contribution in [0.5, 0.6) is 0 Å². The molecule has 3 aromatic heterocycles. The maximum absolute atomic E-state index is 12.6. The van der Waals surface area contributed by atoms with Gasteiger partial charge in [0.1, 0.15) is 5.82 Å². The minimum atomic E-state index is -4.15. The molecule has 31 heavy (non-hydrogen) atoms. The number of aryl methyl sites for hydroxylation is 1. The molecule has 0 atom stereocenters. The van der Waals surface area contributed by atoms with Gasteiger partial charge in [-0.2, -0.15) is 18.3 Å². The molecule has 1 fully saturated rings. The second-order valence-electron chi connectivity index (χ2n) is 7.77. The number of nitrogens with one attached hydrogen (secondary N) is 1. The van der Waals surface area contributed by atoms with Crippen LogP contribution in [-0.4, -0.2) is 56.4 Å². The van der Waals surface area contributed by atoms with E-state index >= 15 is 0 Å². The molecule has 0 aliphatic carbocycles. The van der Waals surface area contributed by atoms with Crippen LogP contribution in [0.1, 0.15) is 19.3 Å². The third-order valence-electron chi connectivity index (χ3n) is 5.58. The van der Waals surface area contributed by atoms with Gasteiger partial charge in [-0.1, -0.05) is 0 Å². The number of piperidine rings is 1. The molecule has 0 radical (unpaired) electrons. The highest BCUT2D eigenvalue weighted by Gasteiger charge is 2.30. The molecule has 4 heterocycles. The first-order valence-electron chi connectivity index (χ1n) is 10.1. The molecule has 7 nitrogen and oxygen atoms in total. The molecule has 0 saturated carbocycles. The Morgan fingerprint density at radius 2 is 2.00 bits per heavy atom. The van der Waals surface area contributed by atoms with Crippen LogP contribution in [-0.2, 0) is 11.8 Å². The van der Waals surface area contributed by atoms with Gasteiger partial charge in [0.15, 0.2) is 0 Å². The number of alkyl halides is 3. The van der Waals surface area contributed by atoms with Gasteiger partial charge in [-0.3, -0.25) is 9.48 Å². The fourth-order valence-electron chi connectivity index (χ4n) is 3.78. The van der Waals surface area contributed by atoms with E-state index < -0.39 is 12.6 Å². The Morgan fingerprint density at radius 3 is 2.68 bits per heavy atom. The summed E-state index contributed by atoms with van der Waals surface area (Å²) in [5, 5.41) is 7.84. The number of carbonyl (C=O) groups excluding carboxylic acids is 1. The minimum absolute atomic E-state index is 0.0191. The van der Waals surface area contributed by atoms with Gasteiger partial charge in [0, 0.05) is 43.4 Å². The fraction of sp³-hybridized carbons (Fsp3) is 0.429. The number of hydrogen-bond donors (Lipinski definition) is 1. The second-order valence-corrected chi connectivity index (χ2v) is 7.77. The Balaban J connectivity index is 1.39. The summed E-state index contributed by atoms with van der Waals surface area (Å²) >= 11 is 0. The van der Waals surface area contributed by atoms with Gasteiger partial charge in [0.2, 0.25) is 5.91 Å². The number of amides is 1. The first-order valence-corrected chi connectivity index (χ1v) is 10.1. The lowest BCUT2D eigenvalue weighted by molar-refractivity contribution is -0.139. The number of pyridine rings is 2. The van der Waals surface area contributed by atoms with Crippen LogP contribution in [0.25, 0.3) is 22.3 Å². The lowest BCUT2D eigenvalue weighted by Crippen LogP contribution is -2.39. The average Bonchev–Trinajstić information content (AvgIpc) is 3.17. The summed E-state index contributed by atoms with van der Waals surface area (Å²) in [6.07, 6.45) is -0.557. The van der Waals surface area contributed by atoms with Gasteiger partial charge in [-0.25, -0.2) is 9.97 Å². The number of hydrogen-bond acceptors (Lipinski definition) is 5. The van der Waals surface area contributed by atoms with Crippen molar-refractivity contribution in [2.75, 3.05) is 25.0 Å². The number of halogens is 3. The summed E-state index contributed by atoms with van der Waals surface area (Å²) in [7, 11) is 1.84. The monoisotopic (exact) mass is 432 g/mol. The Kier molecular flexibility index (Phi) is 5.90. The van der Waals surface area contributed by atoms with Crippen LogP contribution in [0.4, 0.5) is 19.0 Å². The normalized spacial score (nSPS) is 16.0. The molecule has 4 rings (SSSR count). The van der Waals surface area contributed by atoms with Gasteiger partial charge in [0.05, 0.1) is 23.3 Å². The summed E-state index contributed by atoms with van der Waals surface area (Å²) < 4.78 is 38.9. The van der Waals surface area contributed by atoms with E-state index in [1.807, 2.05) is 25.2 Å². The van der Waals surface area contributed by atoms with E-state index in [-0.39, 0.29) is 18.4 Å². The molecule has 3 aromatic rings. The average molecular weight is 432 g/mol. The van der Waals surface area contributed by atoms with Crippen molar-refractivity contribution >= 4 is 22.6 Å². The molecule has 1 aliphatic heterocycles. The van der Waals surface area contributed by atoms with Gasteiger partial charge in [0.25, 0.3) is 0 Å². The molecule has 0 spiro atoms. The van der Waals surface area contributed by atoms with Crippen molar-refractivity contribution < 1.29 is 18.0 Å². The lowest BCUT2D eigenvalue weighted by Gasteiger charge is -2.31. The maximum atomic E-state index is 12.6. The Hall–Kier alpha value is -3.01. The number of rotatable bonds is 5. The van der Waals surface area contributed by atoms with E-state index in [1.165, 1.54) is 0 Å². The quantitative estimate of drug-likeness (QED) is 0.666. The van der Waals surface area contributed by atoms with Gasteiger partial charge < -0.3 is 10.2 Å². The Labute approximate surface area is 177 Å². The molecule has 10 heteroatoms. The summed E-state index contributed by atoms with van der Waals surface area (Å²) in [5.41, 5.74) is 2.34. The van der Waals surface area contributed by atoms with Crippen LogP contribution in [0.2, 0.25) is 0 Å². The molecule has 1 saturated heterocycles. The van der Waals surface area contributed by atoms with E-state index in [4.69, 9.17) is 0 Å². The lowest BCUT2D eigenvalue weighted by atomic mass is 9.96. The Bertz CT molecular complexity index is 1070. The zero-order valence-corrected chi connectivity index (χ0v) is 17.1. The van der Waals surface area contributed by atoms with E-state index in [0.717, 1.165) is 16.8 Å². The first-order chi connectivity index (χ1) is 14.8. The summed E-state index contributed by atoms with van der Waals surface area (Å²) in [4.78, 5) is 23.4. The Morgan fingerprint density at radius 1 is 1.23 bits per heavy atom. The smallest absolute Gasteiger partial charge is 0.310 e. The number of anilines is 1. The van der Waals surface area contributed by atoms with E-state index in [9.17, 15) is 18.0 Å². The molecule has 0 unspecified atom stereocenters. The van der Waals surface area contributed by atoms with Crippen molar-refractivity contribution in [3.05, 3.63) is 36.7 Å². The molecular weight excluding hydrogens is 409 g/mol. The summed E-state index contributed by atoms with van der Waals surface area (Å²) in [5.74, 6) is 0.00476. The molecule has 1 N–H and O–H groups in total. The second kappa shape index (κ2) is 8.62. The van der Waals surface area contributed by atoms with Crippen molar-refractivity contribution in [1.82, 2.24) is 24.6 Å². The number of nitrogens with zero attached hydrogens (tertiary/aromatic N) is 5. The third-order valence-corrected chi connectivity index (χ3v) is 5.58. The van der Waals surface area contributed by atoms with Crippen molar-refractivity contribution in [2.45, 2.75) is 25.4 Å². The topological polar surface area (TPSA) is 75.9 Å². The van der Waals surface area contributed by atoms with E-state index in [1.54, 1.807) is 28.0 Å². The van der Waals surface area contributed by atoms with Crippen LogP contribution in [0.3, 0.4) is 0 Å². The molecule has 0 aromatic carbocycles. The maximum Gasteiger partial charge on any atom is 0.390 e. The van der Waals surface area contributed by atoms with Gasteiger partial charge in [-0.15, -0.1) is 0 Å². The van der Waals surface area contributed by atoms with Crippen molar-refractivity contribution in [2.24, 2.45) is 13.0 Å². The predicted octanol–water partition coefficient (Wildman–Crippen LogP) is 3.63. The number of likely N-dealkylation sites (tertiary alicyclic amines) is 1. The SMILES string of the molecule is Cn1nccc1-c1ccc2cnc(NC(=O)C3CCN(CCC(F)(F)F)CC3)cc2n1. The zero-order valence-electron chi connectivity index (χ0n) is 17.1. The molecule has 0 bridgehead atoms. The van der Waals surface area contributed by atoms with Gasteiger partial charge >= 0.3 is 6.18 Å². The van der Waals surface area contributed by atoms with Crippen LogP contribution in [0.15, 0.2) is 36.7 Å². The highest BCUT2D eigenvalue weighted by Crippen LogP contribution is 2.25. The largest absolute Gasteiger partial charge is 0.390 e. The fourth-order valence-corrected chi connectivity index (χ4v) is 3.78. The number of aromatic nitrogens is 4. The summed E-state index contributed by atoms with van der Waals surface area (Å²) in [6, 6.07) is 7.41. The zero-order chi connectivity index (χ0) is 22.0. The highest BCUT2D eigenvalue weighted by atomic mass is 19.4. The van der Waals surface area contributed by atoms with Crippen molar-refractivity contribution in [1.29, 1.82) is 0 Å². The number of fused-ring (bicyclic) bond motifs is 1. The van der Waals surface area contributed by atoms with E-state index in [0.29, 0.717) is 37.3 Å². The molecule has 164 valence electrons. The van der Waals surface area contributed by atoms with Crippen LogP contribution >= 0.6 is 0 Å². The minimum Gasteiger partial charge on any atom is -0.310 e. The predicted molar refractivity (Wildman–Crippen MR) is 110 cm³/mol. The van der Waals surface area contributed by atoms with Crippen molar-refractivity contribution in [3.8, 4) is 11.4 Å². The highest BCUT2D eigenvalue weighted by molar-refractivity contribution is 5.93. The van der Waals surface area contributed by atoms with E-state index in [2.05, 4.69) is 20.4 Å². The van der Waals surface area contributed by atoms with Crippen molar-refractivity contribution in [3.63, 3.8) is 0 Å². The molecule has 1 amide bonds. The molecular formula is C21H23F3N6O. The third kappa shape index (κ3) is 5.19.